The number of cyclic esters (lactones) is 1. The molecular formula is C66H122N2O12P+. The number of likely N-dealkylation sites (N-methyl/N-ethyl adjacent to an activating group) is 1. The Kier molecular flexibility index (Phi) is 26.6. The van der Waals surface area contributed by atoms with Crippen molar-refractivity contribution in [2.75, 3.05) is 47.1 Å². The highest BCUT2D eigenvalue weighted by molar-refractivity contribution is 7.77. The van der Waals surface area contributed by atoms with Gasteiger partial charge in [0, 0.05) is 39.8 Å². The molecule has 0 aromatic carbocycles. The van der Waals surface area contributed by atoms with Gasteiger partial charge in [-0.25, -0.2) is 0 Å². The highest BCUT2D eigenvalue weighted by Crippen LogP contribution is 2.77. The quantitative estimate of drug-likeness (QED) is 0.0441. The summed E-state index contributed by atoms with van der Waals surface area (Å²) in [4.78, 5) is 33.4. The summed E-state index contributed by atoms with van der Waals surface area (Å²) in [5.74, 6) is -3.25. The van der Waals surface area contributed by atoms with E-state index >= 15 is 0 Å². The number of hydrogen-bond donors (Lipinski definition) is 5. The summed E-state index contributed by atoms with van der Waals surface area (Å²) in [5, 5.41) is 60.9. The van der Waals surface area contributed by atoms with Crippen LogP contribution in [-0.2, 0) is 33.3 Å². The molecule has 0 aromatic rings. The molecule has 3 aliphatic heterocycles. The molecule has 0 aromatic heterocycles. The molecule has 3 saturated carbocycles. The number of hydrogen-bond acceptors (Lipinski definition) is 13. The fraction of sp³-hybridized carbons (Fsp3) is 0.970. The summed E-state index contributed by atoms with van der Waals surface area (Å²) in [6, 6.07) is -1.01. The zero-order chi connectivity index (χ0) is 59.5. The third kappa shape index (κ3) is 17.2. The van der Waals surface area contributed by atoms with Crippen molar-refractivity contribution in [2.24, 2.45) is 29.6 Å². The molecule has 15 heteroatoms. The number of aliphatic hydroxyl groups excluding tert-OH is 3. The second-order valence-corrected chi connectivity index (χ2v) is 33.3. The highest BCUT2D eigenvalue weighted by Gasteiger charge is 2.57. The summed E-state index contributed by atoms with van der Waals surface area (Å²) >= 11 is 0. The number of esters is 1. The van der Waals surface area contributed by atoms with Crippen molar-refractivity contribution in [3.05, 3.63) is 0 Å². The number of ether oxygens (including phenoxy) is 5. The Morgan fingerprint density at radius 3 is 1.85 bits per heavy atom. The van der Waals surface area contributed by atoms with Gasteiger partial charge in [0.05, 0.1) is 90.0 Å². The first-order valence-electron chi connectivity index (χ1n) is 33.3. The lowest BCUT2D eigenvalue weighted by Gasteiger charge is -2.49. The number of methoxy groups -OCH3 is 1. The minimum atomic E-state index is -1.93. The van der Waals surface area contributed by atoms with Crippen LogP contribution in [-0.4, -0.2) is 189 Å². The molecule has 0 unspecified atom stereocenters. The monoisotopic (exact) mass is 1170 g/mol. The number of aliphatic hydroxyl groups is 5. The molecule has 3 aliphatic carbocycles. The maximum absolute atomic E-state index is 14.8. The fourth-order valence-electron chi connectivity index (χ4n) is 17.4. The highest BCUT2D eigenvalue weighted by atomic mass is 31.2. The first-order chi connectivity index (χ1) is 38.3. The lowest BCUT2D eigenvalue weighted by Crippen LogP contribution is -2.60. The van der Waals surface area contributed by atoms with Gasteiger partial charge in [-0.05, 0) is 201 Å². The molecule has 0 bridgehead atoms. The zero-order valence-corrected chi connectivity index (χ0v) is 54.4. The normalized spacial score (nSPS) is 40.2. The molecule has 0 spiro atoms. The van der Waals surface area contributed by atoms with Crippen LogP contribution in [0.1, 0.15) is 236 Å². The average Bonchev–Trinajstić information content (AvgIpc) is 3.54. The standard InChI is InChI=1S/C66H122N2O12P/c1-14-58-66(10,75)61(71)48(6)68(59(69)35-27-16-15-17-28-36-81(51-29-21-18-22-30-51,52-31-23-19-24-32-52)53-33-25-20-26-34-53)41-44(2)39-64(8,74)55(38-57-60(70)56(67(11)12)37-45(3)78-57)46(4)54(47(5)63(73)80-58)43-77-42-50-40-65(9,76-13)62(72)49(7)79-50/h44-58,60-62,70-72,74-75H,14-43H2,1-13H3/q+1/t44-,45-,46+,47-,48-,49+,50-,54+,55-,56+,57+,58-,60-,61-,62+,64-,65-,66-/m1/s1. The van der Waals surface area contributed by atoms with E-state index < -0.39 is 102 Å². The molecule has 5 N–H and O–H groups in total. The lowest BCUT2D eigenvalue weighted by atomic mass is 9.66. The van der Waals surface area contributed by atoms with Crippen molar-refractivity contribution in [1.82, 2.24) is 9.80 Å². The lowest BCUT2D eigenvalue weighted by molar-refractivity contribution is -0.224. The SMILES string of the molecule is CC[C@H]1OC(=O)[C@H](C)[C@@H](COC[C@H]2C[C@@](C)(OC)[C@@H](O)[C@H](C)O2)[C@H](C)[C@@H](C[C@@H]2O[C@H](C)C[C@H](N(C)C)[C@H]2O)[C@](C)(O)C[C@@H](C)CN(C(=O)CCCCCCC[P+](C2CCCCC2)(C2CCCCC2)C2CCCCC2)[C@H](C)[C@@H](O)[C@]1(C)O. The number of amides is 1. The fourth-order valence-corrected chi connectivity index (χ4v) is 25.1. The number of carbonyl (C=O) groups excluding carboxylic acids is 2. The predicted molar refractivity (Wildman–Crippen MR) is 326 cm³/mol. The van der Waals surface area contributed by atoms with Crippen molar-refractivity contribution in [3.8, 4) is 0 Å². The Morgan fingerprint density at radius 1 is 0.753 bits per heavy atom. The maximum atomic E-state index is 14.8. The number of rotatable bonds is 20. The van der Waals surface area contributed by atoms with Gasteiger partial charge in [-0.1, -0.05) is 59.8 Å². The van der Waals surface area contributed by atoms with Crippen molar-refractivity contribution in [1.29, 1.82) is 0 Å². The molecule has 6 aliphatic rings. The maximum Gasteiger partial charge on any atom is 0.309 e. The third-order valence-corrected chi connectivity index (χ3v) is 29.1. The molecular weight excluding hydrogens is 1040 g/mol. The second kappa shape index (κ2) is 31.2. The van der Waals surface area contributed by atoms with Crippen LogP contribution in [0.15, 0.2) is 0 Å². The smallest absolute Gasteiger partial charge is 0.309 e. The summed E-state index contributed by atoms with van der Waals surface area (Å²) < 4.78 is 31.5. The molecule has 18 atom stereocenters. The van der Waals surface area contributed by atoms with E-state index in [0.717, 1.165) is 36.2 Å². The van der Waals surface area contributed by atoms with E-state index in [1.54, 1.807) is 25.9 Å². The number of unbranched alkanes of at least 4 members (excludes halogenated alkanes) is 4. The number of nitrogens with zero attached hydrogens (tertiary/aromatic N) is 2. The van der Waals surface area contributed by atoms with Gasteiger partial charge in [-0.15, -0.1) is 0 Å². The van der Waals surface area contributed by atoms with Crippen molar-refractivity contribution < 1.29 is 58.8 Å². The Hall–Kier alpha value is -1.03. The van der Waals surface area contributed by atoms with Crippen LogP contribution in [0.4, 0.5) is 0 Å². The molecule has 472 valence electrons. The first kappa shape index (κ1) is 69.1. The minimum absolute atomic E-state index is 0.0868. The van der Waals surface area contributed by atoms with Gasteiger partial charge in [0.2, 0.25) is 5.91 Å². The van der Waals surface area contributed by atoms with E-state index in [2.05, 4.69) is 0 Å². The number of carbonyl (C=O) groups is 2. The van der Waals surface area contributed by atoms with Crippen LogP contribution >= 0.6 is 7.26 Å². The predicted octanol–water partition coefficient (Wildman–Crippen LogP) is 11.1. The largest absolute Gasteiger partial charge is 0.459 e. The van der Waals surface area contributed by atoms with Crippen molar-refractivity contribution >= 4 is 19.1 Å². The van der Waals surface area contributed by atoms with Gasteiger partial charge in [0.15, 0.2) is 0 Å². The van der Waals surface area contributed by atoms with Crippen LogP contribution in [0.3, 0.4) is 0 Å². The zero-order valence-electron chi connectivity index (χ0n) is 53.5. The Bertz CT molecular complexity index is 1830. The van der Waals surface area contributed by atoms with E-state index in [-0.39, 0.29) is 63.0 Å². The summed E-state index contributed by atoms with van der Waals surface area (Å²) in [6.45, 7) is 19.0. The average molecular weight is 1170 g/mol. The van der Waals surface area contributed by atoms with E-state index in [9.17, 15) is 35.1 Å². The molecule has 14 nitrogen and oxygen atoms in total. The van der Waals surface area contributed by atoms with E-state index in [1.807, 2.05) is 67.5 Å². The van der Waals surface area contributed by atoms with Crippen LogP contribution in [0.5, 0.6) is 0 Å². The second-order valence-electron chi connectivity index (χ2n) is 28.6. The minimum Gasteiger partial charge on any atom is -0.459 e. The molecule has 3 heterocycles. The van der Waals surface area contributed by atoms with Crippen LogP contribution in [0.2, 0.25) is 0 Å². The van der Waals surface area contributed by atoms with E-state index in [1.165, 1.54) is 122 Å². The summed E-state index contributed by atoms with van der Waals surface area (Å²) in [7, 11) is 4.38. The van der Waals surface area contributed by atoms with Gasteiger partial charge in [-0.3, -0.25) is 9.59 Å². The molecule has 1 amide bonds. The van der Waals surface area contributed by atoms with Crippen LogP contribution in [0.25, 0.3) is 0 Å². The summed E-state index contributed by atoms with van der Waals surface area (Å²) in [6.07, 6.45) is 24.7. The van der Waals surface area contributed by atoms with Gasteiger partial charge >= 0.3 is 5.97 Å². The van der Waals surface area contributed by atoms with Gasteiger partial charge in [-0.2, -0.15) is 0 Å². The van der Waals surface area contributed by atoms with Gasteiger partial charge in [0.25, 0.3) is 0 Å². The van der Waals surface area contributed by atoms with Gasteiger partial charge in [0.1, 0.15) is 23.9 Å². The van der Waals surface area contributed by atoms with Crippen molar-refractivity contribution in [3.63, 3.8) is 0 Å². The molecule has 6 fully saturated rings. The molecule has 3 saturated heterocycles. The van der Waals surface area contributed by atoms with Crippen LogP contribution < -0.4 is 0 Å². The Labute approximate surface area is 493 Å². The molecule has 0 radical (unpaired) electrons. The van der Waals surface area contributed by atoms with E-state index in [4.69, 9.17) is 23.7 Å². The van der Waals surface area contributed by atoms with Crippen molar-refractivity contribution in [2.45, 2.75) is 331 Å². The van der Waals surface area contributed by atoms with Gasteiger partial charge < -0.3 is 59.0 Å². The van der Waals surface area contributed by atoms with E-state index in [0.29, 0.717) is 19.3 Å². The third-order valence-electron chi connectivity index (χ3n) is 22.3. The molecule has 6 rings (SSSR count). The molecule has 81 heavy (non-hydrogen) atoms. The topological polar surface area (TPSA) is 188 Å². The Morgan fingerprint density at radius 2 is 1.31 bits per heavy atom. The van der Waals surface area contributed by atoms with Crippen LogP contribution in [0, 0.1) is 29.6 Å². The first-order valence-corrected chi connectivity index (χ1v) is 35.5. The Balaban J connectivity index is 1.22. The summed E-state index contributed by atoms with van der Waals surface area (Å²) in [5.41, 5.74) is -1.20.